The second kappa shape index (κ2) is 28.5. The second-order valence-corrected chi connectivity index (χ2v) is 12.5. The van der Waals surface area contributed by atoms with E-state index in [9.17, 15) is 9.59 Å². The van der Waals surface area contributed by atoms with Crippen molar-refractivity contribution in [2.45, 2.75) is 195 Å². The molecule has 0 rings (SSSR count). The molecule has 0 amide bonds. The van der Waals surface area contributed by atoms with E-state index in [0.717, 1.165) is 38.5 Å². The van der Waals surface area contributed by atoms with Crippen molar-refractivity contribution >= 4 is 11.9 Å². The number of rotatable bonds is 30. The predicted molar refractivity (Wildman–Crippen MR) is 167 cm³/mol. The van der Waals surface area contributed by atoms with Crippen LogP contribution in [0.1, 0.15) is 195 Å². The summed E-state index contributed by atoms with van der Waals surface area (Å²) in [5.74, 6) is -0.221. The van der Waals surface area contributed by atoms with Crippen LogP contribution in [0.5, 0.6) is 0 Å². The van der Waals surface area contributed by atoms with Crippen molar-refractivity contribution in [1.29, 1.82) is 0 Å². The van der Waals surface area contributed by atoms with Crippen LogP contribution in [-0.4, -0.2) is 25.2 Å². The lowest BCUT2D eigenvalue weighted by molar-refractivity contribution is -0.153. The average molecular weight is 553 g/mol. The van der Waals surface area contributed by atoms with Gasteiger partial charge in [-0.3, -0.25) is 9.59 Å². The van der Waals surface area contributed by atoms with Crippen molar-refractivity contribution in [3.8, 4) is 0 Å². The maximum Gasteiger partial charge on any atom is 0.305 e. The molecule has 0 heterocycles. The summed E-state index contributed by atoms with van der Waals surface area (Å²) in [4.78, 5) is 24.6. The van der Waals surface area contributed by atoms with Gasteiger partial charge in [0.2, 0.25) is 0 Å². The van der Waals surface area contributed by atoms with Gasteiger partial charge in [-0.15, -0.1) is 0 Å². The first-order valence-electron chi connectivity index (χ1n) is 17.3. The van der Waals surface area contributed by atoms with Crippen molar-refractivity contribution in [2.24, 2.45) is 5.41 Å². The van der Waals surface area contributed by atoms with E-state index in [0.29, 0.717) is 26.1 Å². The molecule has 0 saturated heterocycles. The van der Waals surface area contributed by atoms with Crippen molar-refractivity contribution in [2.75, 3.05) is 13.2 Å². The molecule has 0 aliphatic rings. The molecule has 0 spiro atoms. The van der Waals surface area contributed by atoms with E-state index in [1.165, 1.54) is 116 Å². The van der Waals surface area contributed by atoms with Crippen LogP contribution in [-0.2, 0) is 19.1 Å². The largest absolute Gasteiger partial charge is 0.465 e. The van der Waals surface area contributed by atoms with Gasteiger partial charge in [0, 0.05) is 18.3 Å². The molecular weight excluding hydrogens is 484 g/mol. The summed E-state index contributed by atoms with van der Waals surface area (Å²) in [5.41, 5.74) is -0.297. The molecule has 0 aromatic rings. The molecule has 0 fully saturated rings. The highest BCUT2D eigenvalue weighted by Crippen LogP contribution is 2.25. The fourth-order valence-electron chi connectivity index (χ4n) is 5.31. The third kappa shape index (κ3) is 26.9. The number of hydrogen-bond acceptors (Lipinski definition) is 4. The van der Waals surface area contributed by atoms with E-state index in [4.69, 9.17) is 9.47 Å². The molecule has 0 saturated carbocycles. The Kier molecular flexibility index (Phi) is 27.7. The van der Waals surface area contributed by atoms with Crippen LogP contribution in [0.2, 0.25) is 0 Å². The minimum absolute atomic E-state index is 0.111. The molecule has 0 radical (unpaired) electrons. The zero-order chi connectivity index (χ0) is 28.9. The summed E-state index contributed by atoms with van der Waals surface area (Å²) in [6.45, 7) is 9.39. The average Bonchev–Trinajstić information content (AvgIpc) is 2.92. The van der Waals surface area contributed by atoms with E-state index in [1.54, 1.807) is 0 Å². The number of carbonyl (C=O) groups excluding carboxylic acids is 2. The standard InChI is InChI=1S/C35H68O4/c1-5-8-10-12-14-16-18-20-22-24-26-28-33(36)38-31-35(4,30-7-3)32-39-34(37)29-27-25-23-21-19-17-15-13-11-9-6-2/h5-32H2,1-4H3. The van der Waals surface area contributed by atoms with Gasteiger partial charge in [-0.2, -0.15) is 0 Å². The van der Waals surface area contributed by atoms with Crippen molar-refractivity contribution in [3.63, 3.8) is 0 Å². The van der Waals surface area contributed by atoms with Gasteiger partial charge in [-0.1, -0.05) is 163 Å². The molecule has 0 aromatic carbocycles. The third-order valence-electron chi connectivity index (χ3n) is 7.99. The summed E-state index contributed by atoms with van der Waals surface area (Å²) in [6, 6.07) is 0. The number of unbranched alkanes of at least 4 members (excludes halogenated alkanes) is 20. The molecule has 4 heteroatoms. The first-order valence-corrected chi connectivity index (χ1v) is 17.3. The van der Waals surface area contributed by atoms with Gasteiger partial charge >= 0.3 is 11.9 Å². The van der Waals surface area contributed by atoms with E-state index in [1.807, 2.05) is 0 Å². The molecule has 0 aliphatic carbocycles. The van der Waals surface area contributed by atoms with Crippen molar-refractivity contribution < 1.29 is 19.1 Å². The van der Waals surface area contributed by atoms with Gasteiger partial charge in [0.1, 0.15) is 0 Å². The molecule has 232 valence electrons. The fraction of sp³-hybridized carbons (Fsp3) is 0.943. The summed E-state index contributed by atoms with van der Waals surface area (Å²) in [6.07, 6.45) is 30.9. The molecule has 0 unspecified atom stereocenters. The maximum atomic E-state index is 12.3. The molecule has 0 N–H and O–H groups in total. The second-order valence-electron chi connectivity index (χ2n) is 12.5. The van der Waals surface area contributed by atoms with Gasteiger partial charge in [0.25, 0.3) is 0 Å². The molecule has 0 aliphatic heterocycles. The lowest BCUT2D eigenvalue weighted by Crippen LogP contribution is -2.31. The van der Waals surface area contributed by atoms with Crippen molar-refractivity contribution in [3.05, 3.63) is 0 Å². The van der Waals surface area contributed by atoms with Gasteiger partial charge < -0.3 is 9.47 Å². The highest BCUT2D eigenvalue weighted by Gasteiger charge is 2.27. The van der Waals surface area contributed by atoms with E-state index < -0.39 is 0 Å². The number of carbonyl (C=O) groups is 2. The van der Waals surface area contributed by atoms with Crippen molar-refractivity contribution in [1.82, 2.24) is 0 Å². The Bertz CT molecular complexity index is 503. The number of ether oxygens (including phenoxy) is 2. The molecule has 4 nitrogen and oxygen atoms in total. The molecule has 0 bridgehead atoms. The molecular formula is C35H68O4. The zero-order valence-corrected chi connectivity index (χ0v) is 26.9. The number of esters is 2. The Morgan fingerprint density at radius 2 is 0.718 bits per heavy atom. The van der Waals surface area contributed by atoms with Gasteiger partial charge in [-0.05, 0) is 19.3 Å². The van der Waals surface area contributed by atoms with E-state index in [-0.39, 0.29) is 17.4 Å². The predicted octanol–water partition coefficient (Wildman–Crippen LogP) is 11.3. The summed E-state index contributed by atoms with van der Waals surface area (Å²) < 4.78 is 11.3. The van der Waals surface area contributed by atoms with Gasteiger partial charge in [0.15, 0.2) is 0 Å². The normalized spacial score (nSPS) is 11.6. The highest BCUT2D eigenvalue weighted by atomic mass is 16.5. The molecule has 39 heavy (non-hydrogen) atoms. The van der Waals surface area contributed by atoms with Crippen LogP contribution in [0.3, 0.4) is 0 Å². The zero-order valence-electron chi connectivity index (χ0n) is 26.9. The molecule has 0 atom stereocenters. The van der Waals surface area contributed by atoms with E-state index in [2.05, 4.69) is 27.7 Å². The highest BCUT2D eigenvalue weighted by molar-refractivity contribution is 5.69. The molecule has 0 aromatic heterocycles. The minimum Gasteiger partial charge on any atom is -0.465 e. The van der Waals surface area contributed by atoms with Crippen LogP contribution in [0, 0.1) is 5.41 Å². The third-order valence-corrected chi connectivity index (χ3v) is 7.99. The van der Waals surface area contributed by atoms with Gasteiger partial charge in [0.05, 0.1) is 13.2 Å². The smallest absolute Gasteiger partial charge is 0.305 e. The van der Waals surface area contributed by atoms with Gasteiger partial charge in [-0.25, -0.2) is 0 Å². The van der Waals surface area contributed by atoms with Crippen LogP contribution in [0.15, 0.2) is 0 Å². The van der Waals surface area contributed by atoms with Crippen LogP contribution in [0.25, 0.3) is 0 Å². The van der Waals surface area contributed by atoms with Crippen LogP contribution < -0.4 is 0 Å². The monoisotopic (exact) mass is 553 g/mol. The SMILES string of the molecule is CCCCCCCCCCCCCC(=O)OCC(C)(CCC)COC(=O)CCCCCCCCCCCCC. The Morgan fingerprint density at radius 1 is 0.436 bits per heavy atom. The quantitative estimate of drug-likeness (QED) is 0.0656. The lowest BCUT2D eigenvalue weighted by atomic mass is 9.87. The lowest BCUT2D eigenvalue weighted by Gasteiger charge is -2.28. The Morgan fingerprint density at radius 3 is 1.00 bits per heavy atom. The summed E-state index contributed by atoms with van der Waals surface area (Å²) in [5, 5.41) is 0. The first-order chi connectivity index (χ1) is 19.0. The number of hydrogen-bond donors (Lipinski definition) is 0. The van der Waals surface area contributed by atoms with Crippen LogP contribution in [0.4, 0.5) is 0 Å². The topological polar surface area (TPSA) is 52.6 Å². The maximum absolute atomic E-state index is 12.3. The fourth-order valence-corrected chi connectivity index (χ4v) is 5.31. The Hall–Kier alpha value is -1.06. The van der Waals surface area contributed by atoms with E-state index >= 15 is 0 Å². The first kappa shape index (κ1) is 37.9. The minimum atomic E-state index is -0.297. The summed E-state index contributed by atoms with van der Waals surface area (Å²) >= 11 is 0. The Balaban J connectivity index is 3.82. The van der Waals surface area contributed by atoms with Crippen LogP contribution >= 0.6 is 0 Å². The summed E-state index contributed by atoms with van der Waals surface area (Å²) in [7, 11) is 0. The Labute approximate surface area is 244 Å².